The van der Waals surface area contributed by atoms with E-state index in [1.165, 1.54) is 23.2 Å². The molecule has 0 radical (unpaired) electrons. The van der Waals surface area contributed by atoms with Gasteiger partial charge in [0.25, 0.3) is 5.56 Å². The highest BCUT2D eigenvalue weighted by Crippen LogP contribution is 2.19. The van der Waals surface area contributed by atoms with Crippen LogP contribution in [-0.2, 0) is 20.6 Å². The molecule has 0 aliphatic carbocycles. The number of halogens is 1. The minimum Gasteiger partial charge on any atom is -0.497 e. The number of aliphatic hydroxyl groups excluding tert-OH is 1. The minimum atomic E-state index is -0.998. The fraction of sp³-hybridized carbons (Fsp3) is 0.250. The first kappa shape index (κ1) is 25.2. The van der Waals surface area contributed by atoms with Gasteiger partial charge in [-0.1, -0.05) is 28.1 Å². The van der Waals surface area contributed by atoms with Gasteiger partial charge < -0.3 is 19.1 Å². The Labute approximate surface area is 214 Å². The van der Waals surface area contributed by atoms with Crippen LogP contribution in [0.2, 0.25) is 0 Å². The summed E-state index contributed by atoms with van der Waals surface area (Å²) in [4.78, 5) is 29.8. The summed E-state index contributed by atoms with van der Waals surface area (Å²) in [6, 6.07) is 14.5. The molecular weight excluding hydrogens is 532 g/mol. The van der Waals surface area contributed by atoms with Gasteiger partial charge in [-0.2, -0.15) is 10.1 Å². The Morgan fingerprint density at radius 2 is 1.75 bits per heavy atom. The fourth-order valence-corrected chi connectivity index (χ4v) is 3.82. The maximum atomic E-state index is 13.0. The molecule has 4 aromatic rings. The lowest BCUT2D eigenvalue weighted by Crippen LogP contribution is -2.38. The van der Waals surface area contributed by atoms with Crippen LogP contribution in [0.4, 0.5) is 5.95 Å². The molecule has 2 aromatic heterocycles. The van der Waals surface area contributed by atoms with Crippen LogP contribution in [-0.4, -0.2) is 49.8 Å². The summed E-state index contributed by atoms with van der Waals surface area (Å²) in [7, 11) is 4.49. The van der Waals surface area contributed by atoms with Gasteiger partial charge in [-0.05, 0) is 42.0 Å². The summed E-state index contributed by atoms with van der Waals surface area (Å²) in [6.07, 6.45) is 0.596. The van der Waals surface area contributed by atoms with Gasteiger partial charge in [0, 0.05) is 18.6 Å². The van der Waals surface area contributed by atoms with E-state index >= 15 is 0 Å². The molecule has 2 aromatic carbocycles. The van der Waals surface area contributed by atoms with Crippen molar-refractivity contribution in [3.63, 3.8) is 0 Å². The van der Waals surface area contributed by atoms with E-state index in [4.69, 9.17) is 9.47 Å². The van der Waals surface area contributed by atoms with Gasteiger partial charge in [-0.25, -0.2) is 10.2 Å². The SMILES string of the molecule is COc1ccc(OCC(O)Cn2c(N/N=C/c3ccc(Br)cc3)nc3c2c(=O)n(C)c(=O)n3C)cc1. The molecule has 4 rings (SSSR count). The number of nitrogens with zero attached hydrogens (tertiary/aromatic N) is 5. The molecule has 1 atom stereocenters. The fourth-order valence-electron chi connectivity index (χ4n) is 3.55. The van der Waals surface area contributed by atoms with Crippen molar-refractivity contribution in [1.29, 1.82) is 0 Å². The van der Waals surface area contributed by atoms with Crippen LogP contribution in [0.5, 0.6) is 11.5 Å². The maximum absolute atomic E-state index is 13.0. The van der Waals surface area contributed by atoms with Crippen LogP contribution in [0.3, 0.4) is 0 Å². The summed E-state index contributed by atoms with van der Waals surface area (Å²) < 4.78 is 15.5. The number of ether oxygens (including phenoxy) is 2. The Morgan fingerprint density at radius 3 is 2.42 bits per heavy atom. The van der Waals surface area contributed by atoms with E-state index in [0.29, 0.717) is 11.5 Å². The van der Waals surface area contributed by atoms with Crippen LogP contribution in [0, 0.1) is 0 Å². The molecule has 0 spiro atoms. The van der Waals surface area contributed by atoms with E-state index in [1.807, 2.05) is 24.3 Å². The Morgan fingerprint density at radius 1 is 1.08 bits per heavy atom. The van der Waals surface area contributed by atoms with Gasteiger partial charge in [0.05, 0.1) is 19.9 Å². The van der Waals surface area contributed by atoms with E-state index < -0.39 is 17.4 Å². The number of methoxy groups -OCH3 is 1. The lowest BCUT2D eigenvalue weighted by atomic mass is 10.2. The molecule has 0 fully saturated rings. The lowest BCUT2D eigenvalue weighted by Gasteiger charge is -2.15. The van der Waals surface area contributed by atoms with Gasteiger partial charge in [0.1, 0.15) is 24.2 Å². The van der Waals surface area contributed by atoms with E-state index in [2.05, 4.69) is 31.4 Å². The average molecular weight is 557 g/mol. The zero-order valence-electron chi connectivity index (χ0n) is 19.9. The molecule has 0 saturated carbocycles. The van der Waals surface area contributed by atoms with Gasteiger partial charge in [0.15, 0.2) is 11.2 Å². The lowest BCUT2D eigenvalue weighted by molar-refractivity contribution is 0.0938. The van der Waals surface area contributed by atoms with Crippen molar-refractivity contribution in [3.8, 4) is 11.5 Å². The minimum absolute atomic E-state index is 0.0315. The second-order valence-electron chi connectivity index (χ2n) is 7.99. The van der Waals surface area contributed by atoms with E-state index in [0.717, 1.165) is 14.6 Å². The van der Waals surface area contributed by atoms with Crippen LogP contribution in [0.15, 0.2) is 67.7 Å². The highest BCUT2D eigenvalue weighted by molar-refractivity contribution is 9.10. The van der Waals surface area contributed by atoms with Crippen molar-refractivity contribution in [3.05, 3.63) is 79.4 Å². The highest BCUT2D eigenvalue weighted by atomic mass is 79.9. The first-order valence-electron chi connectivity index (χ1n) is 10.9. The Hall–Kier alpha value is -3.90. The summed E-state index contributed by atoms with van der Waals surface area (Å²) in [5.74, 6) is 1.44. The van der Waals surface area contributed by atoms with Crippen molar-refractivity contribution in [2.75, 3.05) is 19.1 Å². The van der Waals surface area contributed by atoms with Crippen LogP contribution >= 0.6 is 15.9 Å². The maximum Gasteiger partial charge on any atom is 0.332 e. The zero-order valence-corrected chi connectivity index (χ0v) is 21.5. The number of aromatic nitrogens is 4. The number of rotatable bonds is 9. The second-order valence-corrected chi connectivity index (χ2v) is 8.90. The molecule has 0 aliphatic rings. The number of aryl methyl sites for hydroxylation is 1. The van der Waals surface area contributed by atoms with Crippen LogP contribution in [0.25, 0.3) is 11.2 Å². The van der Waals surface area contributed by atoms with Gasteiger partial charge in [-0.3, -0.25) is 13.9 Å². The molecule has 0 saturated heterocycles. The number of imidazole rings is 1. The van der Waals surface area contributed by atoms with Gasteiger partial charge in [0.2, 0.25) is 5.95 Å². The topological polar surface area (TPSA) is 125 Å². The molecule has 11 nitrogen and oxygen atoms in total. The third-order valence-corrected chi connectivity index (χ3v) is 6.02. The normalized spacial score (nSPS) is 12.2. The number of hydrogen-bond donors (Lipinski definition) is 2. The molecule has 2 heterocycles. The number of nitrogens with one attached hydrogen (secondary N) is 1. The predicted molar refractivity (Wildman–Crippen MR) is 140 cm³/mol. The summed E-state index contributed by atoms with van der Waals surface area (Å²) >= 11 is 3.39. The summed E-state index contributed by atoms with van der Waals surface area (Å²) in [5, 5.41) is 15.0. The largest absolute Gasteiger partial charge is 0.497 e. The monoisotopic (exact) mass is 556 g/mol. The molecule has 36 heavy (non-hydrogen) atoms. The van der Waals surface area contributed by atoms with E-state index in [1.54, 1.807) is 37.6 Å². The second kappa shape index (κ2) is 10.8. The van der Waals surface area contributed by atoms with E-state index in [-0.39, 0.29) is 30.3 Å². The molecule has 0 bridgehead atoms. The molecule has 12 heteroatoms. The number of fused-ring (bicyclic) bond motifs is 1. The first-order valence-corrected chi connectivity index (χ1v) is 11.7. The number of benzene rings is 2. The summed E-state index contributed by atoms with van der Waals surface area (Å²) in [6.45, 7) is -0.0735. The number of hydrogen-bond acceptors (Lipinski definition) is 8. The molecular formula is C24H25BrN6O5. The molecule has 188 valence electrons. The summed E-state index contributed by atoms with van der Waals surface area (Å²) in [5.41, 5.74) is 2.96. The van der Waals surface area contributed by atoms with Crippen molar-refractivity contribution in [2.24, 2.45) is 19.2 Å². The Bertz CT molecular complexity index is 1510. The predicted octanol–water partition coefficient (Wildman–Crippen LogP) is 2.09. The highest BCUT2D eigenvalue weighted by Gasteiger charge is 2.21. The Kier molecular flexibility index (Phi) is 7.55. The molecule has 1 unspecified atom stereocenters. The number of hydrazone groups is 1. The van der Waals surface area contributed by atoms with E-state index in [9.17, 15) is 14.7 Å². The average Bonchev–Trinajstić information content (AvgIpc) is 3.24. The van der Waals surface area contributed by atoms with Crippen molar-refractivity contribution in [2.45, 2.75) is 12.6 Å². The standard InChI is InChI=1S/C24H25BrN6O5/c1-29-21-20(22(33)30(2)24(29)34)31(13-17(32)14-36-19-10-8-18(35-3)9-11-19)23(27-21)28-26-12-15-4-6-16(25)7-5-15/h4-12,17,32H,13-14H2,1-3H3,(H,27,28)/b26-12+. The number of anilines is 1. The molecule has 0 aliphatic heterocycles. The van der Waals surface area contributed by atoms with Crippen molar-refractivity contribution < 1.29 is 14.6 Å². The first-order chi connectivity index (χ1) is 17.3. The smallest absolute Gasteiger partial charge is 0.332 e. The number of aliphatic hydroxyl groups is 1. The molecule has 0 amide bonds. The van der Waals surface area contributed by atoms with Gasteiger partial charge >= 0.3 is 5.69 Å². The quantitative estimate of drug-likeness (QED) is 0.239. The molecule has 2 N–H and O–H groups in total. The van der Waals surface area contributed by atoms with Crippen LogP contribution < -0.4 is 26.1 Å². The Balaban J connectivity index is 1.62. The third-order valence-electron chi connectivity index (χ3n) is 5.49. The third kappa shape index (κ3) is 5.34. The zero-order chi connectivity index (χ0) is 25.8. The van der Waals surface area contributed by atoms with Crippen molar-refractivity contribution >= 4 is 39.3 Å². The van der Waals surface area contributed by atoms with Crippen molar-refractivity contribution in [1.82, 2.24) is 18.7 Å². The van der Waals surface area contributed by atoms with Gasteiger partial charge in [-0.15, -0.1) is 0 Å². The van der Waals surface area contributed by atoms with Crippen LogP contribution in [0.1, 0.15) is 5.56 Å².